The van der Waals surface area contributed by atoms with Crippen molar-refractivity contribution < 1.29 is 14.3 Å². The van der Waals surface area contributed by atoms with Crippen molar-refractivity contribution in [3.05, 3.63) is 47.3 Å². The average Bonchev–Trinajstić information content (AvgIpc) is 2.71. The molecule has 2 amide bonds. The van der Waals surface area contributed by atoms with Gasteiger partial charge in [0, 0.05) is 44.3 Å². The van der Waals surface area contributed by atoms with E-state index in [1.807, 2.05) is 32.0 Å². The maximum atomic E-state index is 12.7. The van der Waals surface area contributed by atoms with Crippen molar-refractivity contribution in [3.8, 4) is 0 Å². The summed E-state index contributed by atoms with van der Waals surface area (Å²) >= 11 is 0. The summed E-state index contributed by atoms with van der Waals surface area (Å²) in [7, 11) is 0. The van der Waals surface area contributed by atoms with Crippen LogP contribution in [0.2, 0.25) is 0 Å². The van der Waals surface area contributed by atoms with Gasteiger partial charge in [0.05, 0.1) is 12.2 Å². The summed E-state index contributed by atoms with van der Waals surface area (Å²) in [5.41, 5.74) is 3.60. The Morgan fingerprint density at radius 1 is 1.04 bits per heavy atom. The molecule has 1 aliphatic heterocycles. The van der Waals surface area contributed by atoms with Crippen LogP contribution in [0.25, 0.3) is 0 Å². The number of aromatic nitrogens is 2. The van der Waals surface area contributed by atoms with E-state index in [-0.39, 0.29) is 12.0 Å². The lowest BCUT2D eigenvalue weighted by Crippen LogP contribution is -2.50. The van der Waals surface area contributed by atoms with Gasteiger partial charge < -0.3 is 19.9 Å². The van der Waals surface area contributed by atoms with Crippen LogP contribution in [-0.2, 0) is 4.74 Å². The number of amides is 2. The van der Waals surface area contributed by atoms with Crippen LogP contribution in [0.15, 0.2) is 30.6 Å². The molecular formula is C20H25N5O3. The molecule has 0 spiro atoms. The van der Waals surface area contributed by atoms with Crippen LogP contribution in [-0.4, -0.2) is 64.6 Å². The molecule has 2 aromatic rings. The van der Waals surface area contributed by atoms with Gasteiger partial charge in [0.25, 0.3) is 5.91 Å². The minimum Gasteiger partial charge on any atom is -0.450 e. The second kappa shape index (κ2) is 8.69. The van der Waals surface area contributed by atoms with Crippen LogP contribution in [0.4, 0.5) is 16.4 Å². The molecule has 8 nitrogen and oxygen atoms in total. The van der Waals surface area contributed by atoms with Gasteiger partial charge in [-0.05, 0) is 31.9 Å². The summed E-state index contributed by atoms with van der Waals surface area (Å²) in [6, 6.07) is 6.03. The first-order valence-corrected chi connectivity index (χ1v) is 9.36. The van der Waals surface area contributed by atoms with Crippen molar-refractivity contribution in [2.45, 2.75) is 20.8 Å². The third-order valence-corrected chi connectivity index (χ3v) is 4.71. The van der Waals surface area contributed by atoms with E-state index in [1.165, 1.54) is 12.4 Å². The highest BCUT2D eigenvalue weighted by Crippen LogP contribution is 2.22. The van der Waals surface area contributed by atoms with Crippen molar-refractivity contribution in [2.24, 2.45) is 0 Å². The summed E-state index contributed by atoms with van der Waals surface area (Å²) in [4.78, 5) is 36.3. The fourth-order valence-corrected chi connectivity index (χ4v) is 3.12. The van der Waals surface area contributed by atoms with E-state index in [2.05, 4.69) is 15.3 Å². The van der Waals surface area contributed by atoms with E-state index in [0.717, 1.165) is 16.8 Å². The molecule has 1 saturated heterocycles. The van der Waals surface area contributed by atoms with Crippen molar-refractivity contribution in [2.75, 3.05) is 38.1 Å². The Morgan fingerprint density at radius 2 is 1.61 bits per heavy atom. The predicted octanol–water partition coefficient (Wildman–Crippen LogP) is 2.75. The number of piperazine rings is 1. The number of aryl methyl sites for hydroxylation is 2. The van der Waals surface area contributed by atoms with Gasteiger partial charge in [-0.3, -0.25) is 4.79 Å². The zero-order valence-corrected chi connectivity index (χ0v) is 16.4. The first kappa shape index (κ1) is 19.6. The van der Waals surface area contributed by atoms with Crippen molar-refractivity contribution in [1.29, 1.82) is 0 Å². The Bertz CT molecular complexity index is 825. The van der Waals surface area contributed by atoms with Gasteiger partial charge >= 0.3 is 6.09 Å². The number of hydrogen-bond donors (Lipinski definition) is 1. The number of hydrogen-bond acceptors (Lipinski definition) is 6. The lowest BCUT2D eigenvalue weighted by atomic mass is 10.1. The molecule has 8 heteroatoms. The van der Waals surface area contributed by atoms with Crippen molar-refractivity contribution in [1.82, 2.24) is 19.8 Å². The topological polar surface area (TPSA) is 87.7 Å². The van der Waals surface area contributed by atoms with Gasteiger partial charge in [-0.25, -0.2) is 14.8 Å². The maximum Gasteiger partial charge on any atom is 0.409 e. The Morgan fingerprint density at radius 3 is 2.18 bits per heavy atom. The van der Waals surface area contributed by atoms with Crippen LogP contribution in [0.5, 0.6) is 0 Å². The van der Waals surface area contributed by atoms with Crippen LogP contribution >= 0.6 is 0 Å². The van der Waals surface area contributed by atoms with Gasteiger partial charge in [0.1, 0.15) is 0 Å². The van der Waals surface area contributed by atoms with Gasteiger partial charge in [0.15, 0.2) is 0 Å². The van der Waals surface area contributed by atoms with E-state index in [1.54, 1.807) is 16.7 Å². The first-order chi connectivity index (χ1) is 13.5. The van der Waals surface area contributed by atoms with Gasteiger partial charge in [-0.15, -0.1) is 0 Å². The molecule has 28 heavy (non-hydrogen) atoms. The molecule has 0 radical (unpaired) electrons. The summed E-state index contributed by atoms with van der Waals surface area (Å²) < 4.78 is 5.00. The molecule has 1 aromatic heterocycles. The maximum absolute atomic E-state index is 12.7. The molecule has 1 fully saturated rings. The lowest BCUT2D eigenvalue weighted by molar-refractivity contribution is 0.0570. The number of carbonyl (C=O) groups excluding carboxylic acids is 2. The highest BCUT2D eigenvalue weighted by atomic mass is 16.6. The number of benzene rings is 1. The quantitative estimate of drug-likeness (QED) is 0.873. The molecule has 1 aromatic carbocycles. The minimum absolute atomic E-state index is 0.137. The Kier molecular flexibility index (Phi) is 6.08. The smallest absolute Gasteiger partial charge is 0.409 e. The second-order valence-electron chi connectivity index (χ2n) is 6.67. The SMILES string of the molecule is CCOC(=O)N1CCN(C(=O)c2cnc(Nc3c(C)cccc3C)nc2)CC1. The standard InChI is InChI=1S/C20H25N5O3/c1-4-28-20(27)25-10-8-24(9-11-25)18(26)16-12-21-19(22-13-16)23-17-14(2)6-5-7-15(17)3/h5-7,12-13H,4,8-11H2,1-3H3,(H,21,22,23). The highest BCUT2D eigenvalue weighted by molar-refractivity contribution is 5.94. The van der Waals surface area contributed by atoms with Crippen LogP contribution in [0.3, 0.4) is 0 Å². The molecule has 0 saturated carbocycles. The summed E-state index contributed by atoms with van der Waals surface area (Å²) in [6.45, 7) is 7.98. The Hall–Kier alpha value is -3.16. The number of nitrogens with zero attached hydrogens (tertiary/aromatic N) is 4. The van der Waals surface area contributed by atoms with E-state index < -0.39 is 0 Å². The second-order valence-corrected chi connectivity index (χ2v) is 6.67. The van der Waals surface area contributed by atoms with E-state index >= 15 is 0 Å². The largest absolute Gasteiger partial charge is 0.450 e. The van der Waals surface area contributed by atoms with Crippen LogP contribution < -0.4 is 5.32 Å². The van der Waals surface area contributed by atoms with E-state index in [9.17, 15) is 9.59 Å². The number of nitrogens with one attached hydrogen (secondary N) is 1. The molecule has 3 rings (SSSR count). The molecular weight excluding hydrogens is 358 g/mol. The lowest BCUT2D eigenvalue weighted by Gasteiger charge is -2.33. The number of rotatable bonds is 4. The number of anilines is 2. The molecule has 0 atom stereocenters. The zero-order valence-electron chi connectivity index (χ0n) is 16.4. The number of para-hydroxylation sites is 1. The highest BCUT2D eigenvalue weighted by Gasteiger charge is 2.25. The minimum atomic E-state index is -0.333. The number of ether oxygens (including phenoxy) is 1. The van der Waals surface area contributed by atoms with Gasteiger partial charge in [0.2, 0.25) is 5.95 Å². The fraction of sp³-hybridized carbons (Fsp3) is 0.400. The first-order valence-electron chi connectivity index (χ1n) is 9.36. The number of carbonyl (C=O) groups is 2. The zero-order chi connectivity index (χ0) is 20.1. The normalized spacial score (nSPS) is 14.0. The molecule has 2 heterocycles. The van der Waals surface area contributed by atoms with E-state index in [0.29, 0.717) is 44.3 Å². The summed E-state index contributed by atoms with van der Waals surface area (Å²) in [5.74, 6) is 0.309. The molecule has 0 aliphatic carbocycles. The fourth-order valence-electron chi connectivity index (χ4n) is 3.12. The molecule has 148 valence electrons. The van der Waals surface area contributed by atoms with Gasteiger partial charge in [-0.2, -0.15) is 0 Å². The predicted molar refractivity (Wildman–Crippen MR) is 106 cm³/mol. The van der Waals surface area contributed by atoms with Gasteiger partial charge in [-0.1, -0.05) is 18.2 Å². The molecule has 1 N–H and O–H groups in total. The average molecular weight is 383 g/mol. The van der Waals surface area contributed by atoms with Crippen molar-refractivity contribution >= 4 is 23.6 Å². The Balaban J connectivity index is 1.61. The molecule has 0 bridgehead atoms. The summed E-state index contributed by atoms with van der Waals surface area (Å²) in [5, 5.41) is 3.21. The molecule has 1 aliphatic rings. The summed E-state index contributed by atoms with van der Waals surface area (Å²) in [6.07, 6.45) is 2.73. The Labute approximate surface area is 164 Å². The van der Waals surface area contributed by atoms with Crippen molar-refractivity contribution in [3.63, 3.8) is 0 Å². The monoisotopic (exact) mass is 383 g/mol. The van der Waals surface area contributed by atoms with E-state index in [4.69, 9.17) is 4.74 Å². The third kappa shape index (κ3) is 4.39. The van der Waals surface area contributed by atoms with Crippen LogP contribution in [0.1, 0.15) is 28.4 Å². The third-order valence-electron chi connectivity index (χ3n) is 4.71. The molecule has 0 unspecified atom stereocenters. The van der Waals surface area contributed by atoms with Crippen LogP contribution in [0, 0.1) is 13.8 Å².